The lowest BCUT2D eigenvalue weighted by atomic mass is 10.1. The Morgan fingerprint density at radius 2 is 2.12 bits per heavy atom. The van der Waals surface area contributed by atoms with Crippen molar-refractivity contribution in [1.82, 2.24) is 9.97 Å². The smallest absolute Gasteiger partial charge is 0.323 e. The number of aromatic nitrogens is 2. The van der Waals surface area contributed by atoms with Crippen LogP contribution in [-0.4, -0.2) is 33.1 Å². The number of hydrogen-bond donors (Lipinski definition) is 1. The summed E-state index contributed by atoms with van der Waals surface area (Å²) in [6, 6.07) is 1.78. The van der Waals surface area contributed by atoms with E-state index in [-0.39, 0.29) is 12.1 Å². The minimum Gasteiger partial charge on any atom is -0.480 e. The highest BCUT2D eigenvalue weighted by molar-refractivity contribution is 5.73. The van der Waals surface area contributed by atoms with Crippen LogP contribution in [0, 0.1) is 6.92 Å². The van der Waals surface area contributed by atoms with E-state index in [1.54, 1.807) is 17.2 Å². The lowest BCUT2D eigenvalue weighted by Crippen LogP contribution is -2.45. The lowest BCUT2D eigenvalue weighted by Gasteiger charge is -2.34. The number of carboxylic acids is 1. The van der Waals surface area contributed by atoms with Gasteiger partial charge in [0.25, 0.3) is 0 Å². The molecule has 0 aliphatic carbocycles. The SMILES string of the molecule is Cc1ccnc(N(CC(=O)O)C(C)(C)C)n1. The van der Waals surface area contributed by atoms with Crippen LogP contribution in [0.4, 0.5) is 5.95 Å². The van der Waals surface area contributed by atoms with Gasteiger partial charge in [0, 0.05) is 17.4 Å². The maximum atomic E-state index is 10.8. The average molecular weight is 223 g/mol. The minimum absolute atomic E-state index is 0.104. The first kappa shape index (κ1) is 12.4. The molecule has 0 aliphatic heterocycles. The summed E-state index contributed by atoms with van der Waals surface area (Å²) in [4.78, 5) is 20.8. The number of hydrogen-bond acceptors (Lipinski definition) is 4. The van der Waals surface area contributed by atoms with Gasteiger partial charge in [0.05, 0.1) is 0 Å². The fraction of sp³-hybridized carbons (Fsp3) is 0.545. The molecule has 0 amide bonds. The van der Waals surface area contributed by atoms with Gasteiger partial charge >= 0.3 is 5.97 Å². The van der Waals surface area contributed by atoms with Crippen molar-refractivity contribution >= 4 is 11.9 Å². The van der Waals surface area contributed by atoms with Crippen LogP contribution in [-0.2, 0) is 4.79 Å². The molecule has 1 rings (SSSR count). The quantitative estimate of drug-likeness (QED) is 0.840. The van der Waals surface area contributed by atoms with Crippen molar-refractivity contribution in [3.05, 3.63) is 18.0 Å². The fourth-order valence-electron chi connectivity index (χ4n) is 1.31. The third-order valence-electron chi connectivity index (χ3n) is 2.13. The zero-order valence-corrected chi connectivity index (χ0v) is 10.1. The molecule has 1 N–H and O–H groups in total. The number of aryl methyl sites for hydroxylation is 1. The number of aliphatic carboxylic acids is 1. The van der Waals surface area contributed by atoms with Crippen molar-refractivity contribution in [3.63, 3.8) is 0 Å². The normalized spacial score (nSPS) is 11.2. The maximum absolute atomic E-state index is 10.8. The van der Waals surface area contributed by atoms with Crippen LogP contribution in [0.15, 0.2) is 12.3 Å². The van der Waals surface area contributed by atoms with Gasteiger partial charge in [-0.1, -0.05) is 0 Å². The molecule has 0 aromatic carbocycles. The summed E-state index contributed by atoms with van der Waals surface area (Å²) < 4.78 is 0. The Bertz CT molecular complexity index is 385. The number of carboxylic acid groups (broad SMARTS) is 1. The number of nitrogens with zero attached hydrogens (tertiary/aromatic N) is 3. The third-order valence-corrected chi connectivity index (χ3v) is 2.13. The van der Waals surface area contributed by atoms with E-state index in [0.717, 1.165) is 5.69 Å². The Labute approximate surface area is 95.1 Å². The van der Waals surface area contributed by atoms with Crippen LogP contribution in [0.1, 0.15) is 26.5 Å². The predicted octanol–water partition coefficient (Wildman–Crippen LogP) is 1.47. The first-order chi connectivity index (χ1) is 7.30. The summed E-state index contributed by atoms with van der Waals surface area (Å²) in [6.07, 6.45) is 1.64. The second kappa shape index (κ2) is 4.47. The Morgan fingerprint density at radius 1 is 1.50 bits per heavy atom. The lowest BCUT2D eigenvalue weighted by molar-refractivity contribution is -0.135. The molecule has 5 heteroatoms. The summed E-state index contributed by atoms with van der Waals surface area (Å²) >= 11 is 0. The molecule has 0 saturated carbocycles. The topological polar surface area (TPSA) is 66.3 Å². The summed E-state index contributed by atoms with van der Waals surface area (Å²) in [5, 5.41) is 8.88. The number of carbonyl (C=O) groups is 1. The highest BCUT2D eigenvalue weighted by atomic mass is 16.4. The molecule has 1 aromatic rings. The molecule has 0 bridgehead atoms. The molecule has 0 fully saturated rings. The van der Waals surface area contributed by atoms with Gasteiger partial charge < -0.3 is 10.0 Å². The standard InChI is InChI=1S/C11H17N3O2/c1-8-5-6-12-10(13-8)14(7-9(15)16)11(2,3)4/h5-6H,7H2,1-4H3,(H,15,16). The van der Waals surface area contributed by atoms with E-state index >= 15 is 0 Å². The summed E-state index contributed by atoms with van der Waals surface area (Å²) in [6.45, 7) is 7.55. The van der Waals surface area contributed by atoms with E-state index in [4.69, 9.17) is 5.11 Å². The van der Waals surface area contributed by atoms with Gasteiger partial charge in [0.2, 0.25) is 5.95 Å². The molecule has 0 radical (unpaired) electrons. The van der Waals surface area contributed by atoms with Gasteiger partial charge in [-0.3, -0.25) is 4.79 Å². The zero-order chi connectivity index (χ0) is 12.3. The van der Waals surface area contributed by atoms with Crippen molar-refractivity contribution < 1.29 is 9.90 Å². The molecule has 5 nitrogen and oxygen atoms in total. The second-order valence-corrected chi connectivity index (χ2v) is 4.65. The molecular formula is C11H17N3O2. The van der Waals surface area contributed by atoms with Crippen LogP contribution < -0.4 is 4.90 Å². The van der Waals surface area contributed by atoms with Crippen molar-refractivity contribution in [1.29, 1.82) is 0 Å². The van der Waals surface area contributed by atoms with Crippen LogP contribution in [0.3, 0.4) is 0 Å². The first-order valence-electron chi connectivity index (χ1n) is 5.10. The fourth-order valence-corrected chi connectivity index (χ4v) is 1.31. The first-order valence-corrected chi connectivity index (χ1v) is 5.10. The minimum atomic E-state index is -0.889. The molecule has 0 aliphatic rings. The van der Waals surface area contributed by atoms with Gasteiger partial charge in [-0.25, -0.2) is 9.97 Å². The average Bonchev–Trinajstić information content (AvgIpc) is 2.12. The Kier molecular flexibility index (Phi) is 3.47. The van der Waals surface area contributed by atoms with Crippen LogP contribution in [0.2, 0.25) is 0 Å². The Hall–Kier alpha value is -1.65. The number of anilines is 1. The van der Waals surface area contributed by atoms with Crippen molar-refractivity contribution in [3.8, 4) is 0 Å². The largest absolute Gasteiger partial charge is 0.480 e. The Balaban J connectivity index is 3.06. The van der Waals surface area contributed by atoms with E-state index in [2.05, 4.69) is 9.97 Å². The monoisotopic (exact) mass is 223 g/mol. The molecule has 0 atom stereocenters. The van der Waals surface area contributed by atoms with E-state index in [9.17, 15) is 4.79 Å². The molecule has 1 aromatic heterocycles. The zero-order valence-electron chi connectivity index (χ0n) is 10.1. The Morgan fingerprint density at radius 3 is 2.56 bits per heavy atom. The van der Waals surface area contributed by atoms with E-state index in [1.165, 1.54) is 0 Å². The summed E-state index contributed by atoms with van der Waals surface area (Å²) in [5.74, 6) is -0.435. The highest BCUT2D eigenvalue weighted by Gasteiger charge is 2.25. The predicted molar refractivity (Wildman–Crippen MR) is 61.5 cm³/mol. The maximum Gasteiger partial charge on any atom is 0.323 e. The van der Waals surface area contributed by atoms with E-state index in [0.29, 0.717) is 5.95 Å². The summed E-state index contributed by atoms with van der Waals surface area (Å²) in [5.41, 5.74) is 0.497. The molecular weight excluding hydrogens is 206 g/mol. The van der Waals surface area contributed by atoms with E-state index < -0.39 is 5.97 Å². The van der Waals surface area contributed by atoms with Crippen molar-refractivity contribution in [2.24, 2.45) is 0 Å². The van der Waals surface area contributed by atoms with E-state index in [1.807, 2.05) is 27.7 Å². The van der Waals surface area contributed by atoms with Gasteiger partial charge in [0.1, 0.15) is 6.54 Å². The van der Waals surface area contributed by atoms with Crippen LogP contribution in [0.25, 0.3) is 0 Å². The third kappa shape index (κ3) is 3.18. The molecule has 1 heterocycles. The molecule has 88 valence electrons. The van der Waals surface area contributed by atoms with Crippen molar-refractivity contribution in [2.45, 2.75) is 33.2 Å². The molecule has 16 heavy (non-hydrogen) atoms. The molecule has 0 unspecified atom stereocenters. The van der Waals surface area contributed by atoms with Gasteiger partial charge in [-0.2, -0.15) is 0 Å². The van der Waals surface area contributed by atoms with Crippen LogP contribution >= 0.6 is 0 Å². The van der Waals surface area contributed by atoms with Gasteiger partial charge in [-0.15, -0.1) is 0 Å². The van der Waals surface area contributed by atoms with Crippen LogP contribution in [0.5, 0.6) is 0 Å². The molecule has 0 spiro atoms. The van der Waals surface area contributed by atoms with Gasteiger partial charge in [-0.05, 0) is 33.8 Å². The number of rotatable bonds is 3. The van der Waals surface area contributed by atoms with Gasteiger partial charge in [0.15, 0.2) is 0 Å². The highest BCUT2D eigenvalue weighted by Crippen LogP contribution is 2.19. The summed E-state index contributed by atoms with van der Waals surface area (Å²) in [7, 11) is 0. The van der Waals surface area contributed by atoms with Crippen molar-refractivity contribution in [2.75, 3.05) is 11.4 Å². The molecule has 0 saturated heterocycles. The second-order valence-electron chi connectivity index (χ2n) is 4.65.